The second-order valence-corrected chi connectivity index (χ2v) is 8.48. The van der Waals surface area contributed by atoms with Crippen molar-refractivity contribution in [2.24, 2.45) is 5.41 Å². The minimum Gasteiger partial charge on any atom is -0.367 e. The number of nitro groups is 1. The smallest absolute Gasteiger partial charge is 0.269 e. The van der Waals surface area contributed by atoms with Gasteiger partial charge in [0.05, 0.1) is 11.0 Å². The Bertz CT molecular complexity index is 931. The van der Waals surface area contributed by atoms with Gasteiger partial charge < -0.3 is 10.2 Å². The van der Waals surface area contributed by atoms with E-state index >= 15 is 0 Å². The van der Waals surface area contributed by atoms with Crippen molar-refractivity contribution in [3.05, 3.63) is 33.9 Å². The fourth-order valence-corrected chi connectivity index (χ4v) is 5.37. The van der Waals surface area contributed by atoms with Gasteiger partial charge >= 0.3 is 0 Å². The first-order valence-corrected chi connectivity index (χ1v) is 10.1. The largest absolute Gasteiger partial charge is 0.367 e. The summed E-state index contributed by atoms with van der Waals surface area (Å²) in [5.41, 5.74) is 0.266. The molecule has 0 radical (unpaired) electrons. The summed E-state index contributed by atoms with van der Waals surface area (Å²) in [7, 11) is 0. The maximum Gasteiger partial charge on any atom is 0.269 e. The number of fused-ring (bicyclic) bond motifs is 4. The van der Waals surface area contributed by atoms with E-state index in [2.05, 4.69) is 10.2 Å². The summed E-state index contributed by atoms with van der Waals surface area (Å²) in [6.07, 6.45) is 4.58. The number of hydrogen-bond donors (Lipinski definition) is 1. The zero-order valence-electron chi connectivity index (χ0n) is 15.2. The van der Waals surface area contributed by atoms with Crippen molar-refractivity contribution in [1.82, 2.24) is 10.2 Å². The van der Waals surface area contributed by atoms with Gasteiger partial charge in [-0.1, -0.05) is 0 Å². The third-order valence-electron chi connectivity index (χ3n) is 6.48. The van der Waals surface area contributed by atoms with Crippen LogP contribution in [-0.2, 0) is 16.0 Å². The molecule has 2 atom stereocenters. The van der Waals surface area contributed by atoms with Crippen molar-refractivity contribution in [3.63, 3.8) is 0 Å². The number of amides is 2. The zero-order valence-corrected chi connectivity index (χ0v) is 16.0. The maximum atomic E-state index is 13.7. The fraction of sp³-hybridized carbons (Fsp3) is 0.526. The van der Waals surface area contributed by atoms with Gasteiger partial charge in [-0.2, -0.15) is 0 Å². The molecule has 1 aromatic carbocycles. The number of carbonyl (C=O) groups excluding carboxylic acids is 2. The maximum absolute atomic E-state index is 13.7. The Kier molecular flexibility index (Phi) is 3.74. The predicted molar refractivity (Wildman–Crippen MR) is 105 cm³/mol. The van der Waals surface area contributed by atoms with E-state index in [-0.39, 0.29) is 41.1 Å². The van der Waals surface area contributed by atoms with Gasteiger partial charge in [-0.25, -0.2) is 0 Å². The Hall–Kier alpha value is -2.55. The molecule has 1 aromatic rings. The van der Waals surface area contributed by atoms with Crippen LogP contribution in [0.15, 0.2) is 18.2 Å². The number of non-ortho nitro benzene ring substituents is 1. The standard InChI is InChI=1S/C19H20N4O4S/c24-16-19(17(25)22(12-4-5-12)18(28)20-16)10-11-9-13(23(26)27)6-7-14(11)21-8-2-1-3-15(19)21/h6-7,9,12,15H,1-5,8,10H2,(H,20,24,28). The number of anilines is 1. The van der Waals surface area contributed by atoms with Crippen LogP contribution in [0.4, 0.5) is 11.4 Å². The molecule has 2 unspecified atom stereocenters. The minimum atomic E-state index is -1.28. The summed E-state index contributed by atoms with van der Waals surface area (Å²) in [5, 5.41) is 14.2. The predicted octanol–water partition coefficient (Wildman–Crippen LogP) is 1.90. The van der Waals surface area contributed by atoms with Crippen LogP contribution in [-0.4, -0.2) is 45.4 Å². The number of rotatable bonds is 2. The van der Waals surface area contributed by atoms with Crippen molar-refractivity contribution in [3.8, 4) is 0 Å². The summed E-state index contributed by atoms with van der Waals surface area (Å²) >= 11 is 5.30. The molecule has 1 saturated carbocycles. The van der Waals surface area contributed by atoms with Crippen LogP contribution in [0.3, 0.4) is 0 Å². The van der Waals surface area contributed by atoms with Crippen LogP contribution in [0.25, 0.3) is 0 Å². The van der Waals surface area contributed by atoms with Crippen molar-refractivity contribution in [2.75, 3.05) is 11.4 Å². The summed E-state index contributed by atoms with van der Waals surface area (Å²) in [4.78, 5) is 41.5. The number of nitrogens with one attached hydrogen (secondary N) is 1. The zero-order chi connectivity index (χ0) is 19.6. The normalized spacial score (nSPS) is 29.4. The molecule has 1 aliphatic carbocycles. The van der Waals surface area contributed by atoms with Gasteiger partial charge in [0.1, 0.15) is 0 Å². The van der Waals surface area contributed by atoms with Crippen LogP contribution >= 0.6 is 12.2 Å². The molecule has 28 heavy (non-hydrogen) atoms. The summed E-state index contributed by atoms with van der Waals surface area (Å²) in [6, 6.07) is 4.56. The second-order valence-electron chi connectivity index (χ2n) is 8.09. The third-order valence-corrected chi connectivity index (χ3v) is 6.78. The van der Waals surface area contributed by atoms with E-state index in [0.717, 1.165) is 44.3 Å². The van der Waals surface area contributed by atoms with E-state index in [1.54, 1.807) is 11.0 Å². The molecule has 4 aliphatic rings. The molecular weight excluding hydrogens is 380 g/mol. The molecule has 3 heterocycles. The number of hydrogen-bond acceptors (Lipinski definition) is 6. The lowest BCUT2D eigenvalue weighted by Crippen LogP contribution is -2.72. The van der Waals surface area contributed by atoms with Crippen LogP contribution < -0.4 is 10.2 Å². The molecule has 1 spiro atoms. The molecule has 0 bridgehead atoms. The summed E-state index contributed by atoms with van der Waals surface area (Å²) in [6.45, 7) is 0.728. The van der Waals surface area contributed by atoms with Crippen molar-refractivity contribution >= 4 is 40.5 Å². The first-order chi connectivity index (χ1) is 13.4. The molecule has 5 rings (SSSR count). The Balaban J connectivity index is 1.66. The number of thiocarbonyl (C=S) groups is 1. The molecule has 146 valence electrons. The second kappa shape index (κ2) is 5.97. The van der Waals surface area contributed by atoms with Gasteiger partial charge in [0.15, 0.2) is 10.5 Å². The van der Waals surface area contributed by atoms with Gasteiger partial charge in [0, 0.05) is 36.8 Å². The van der Waals surface area contributed by atoms with E-state index in [9.17, 15) is 19.7 Å². The average molecular weight is 400 g/mol. The van der Waals surface area contributed by atoms with E-state index in [1.165, 1.54) is 12.1 Å². The number of nitrogens with zero attached hydrogens (tertiary/aromatic N) is 3. The van der Waals surface area contributed by atoms with Gasteiger partial charge in [-0.15, -0.1) is 0 Å². The van der Waals surface area contributed by atoms with Crippen LogP contribution in [0.5, 0.6) is 0 Å². The highest BCUT2D eigenvalue weighted by Gasteiger charge is 2.62. The minimum absolute atomic E-state index is 0.0254. The van der Waals surface area contributed by atoms with Crippen LogP contribution in [0.1, 0.15) is 37.7 Å². The van der Waals surface area contributed by atoms with Crippen LogP contribution in [0.2, 0.25) is 0 Å². The van der Waals surface area contributed by atoms with Gasteiger partial charge in [-0.05, 0) is 56.0 Å². The molecule has 2 saturated heterocycles. The monoisotopic (exact) mass is 400 g/mol. The third kappa shape index (κ3) is 2.32. The Labute approximate surface area is 167 Å². The lowest BCUT2D eigenvalue weighted by molar-refractivity contribution is -0.384. The Morgan fingerprint density at radius 3 is 2.71 bits per heavy atom. The quantitative estimate of drug-likeness (QED) is 0.353. The number of carbonyl (C=O) groups is 2. The molecule has 3 aliphatic heterocycles. The molecule has 8 nitrogen and oxygen atoms in total. The number of benzene rings is 1. The first-order valence-electron chi connectivity index (χ1n) is 9.66. The van der Waals surface area contributed by atoms with Gasteiger partial charge in [0.2, 0.25) is 11.8 Å². The van der Waals surface area contributed by atoms with E-state index in [0.29, 0.717) is 5.56 Å². The highest BCUT2D eigenvalue weighted by molar-refractivity contribution is 7.80. The lowest BCUT2D eigenvalue weighted by atomic mass is 9.66. The summed E-state index contributed by atoms with van der Waals surface area (Å²) in [5.74, 6) is -0.605. The lowest BCUT2D eigenvalue weighted by Gasteiger charge is -2.54. The van der Waals surface area contributed by atoms with E-state index < -0.39 is 10.3 Å². The SMILES string of the molecule is O=C1NC(=S)N(C2CC2)C(=O)C12Cc1cc([N+](=O)[O-])ccc1N1CCCCC12. The fourth-order valence-electron chi connectivity index (χ4n) is 5.05. The Morgan fingerprint density at radius 1 is 1.21 bits per heavy atom. The van der Waals surface area contributed by atoms with Crippen molar-refractivity contribution in [1.29, 1.82) is 0 Å². The molecular formula is C19H20N4O4S. The van der Waals surface area contributed by atoms with Crippen molar-refractivity contribution < 1.29 is 14.5 Å². The van der Waals surface area contributed by atoms with Gasteiger partial charge in [-0.3, -0.25) is 24.6 Å². The summed E-state index contributed by atoms with van der Waals surface area (Å²) < 4.78 is 0. The molecule has 9 heteroatoms. The highest BCUT2D eigenvalue weighted by atomic mass is 32.1. The first kappa shape index (κ1) is 17.5. The highest BCUT2D eigenvalue weighted by Crippen LogP contribution is 2.49. The topological polar surface area (TPSA) is 95.8 Å². The average Bonchev–Trinajstić information content (AvgIpc) is 3.50. The molecule has 2 amide bonds. The van der Waals surface area contributed by atoms with E-state index in [4.69, 9.17) is 12.2 Å². The molecule has 3 fully saturated rings. The van der Waals surface area contributed by atoms with Gasteiger partial charge in [0.25, 0.3) is 5.69 Å². The van der Waals surface area contributed by atoms with E-state index in [1.807, 2.05) is 0 Å². The number of piperidine rings is 1. The van der Waals surface area contributed by atoms with Crippen molar-refractivity contribution in [2.45, 2.75) is 50.6 Å². The Morgan fingerprint density at radius 2 is 2.00 bits per heavy atom. The molecule has 1 N–H and O–H groups in total. The van der Waals surface area contributed by atoms with Crippen LogP contribution in [0, 0.1) is 15.5 Å². The number of nitro benzene ring substituents is 1. The molecule has 0 aromatic heterocycles.